The van der Waals surface area contributed by atoms with Crippen LogP contribution in [-0.2, 0) is 9.59 Å². The molecule has 2 unspecified atom stereocenters. The maximum Gasteiger partial charge on any atom is 0.311 e. The average Bonchev–Trinajstić information content (AvgIpc) is 2.40. The molecule has 1 saturated carbocycles. The minimum atomic E-state index is -0.853. The molecule has 1 rings (SSSR count). The third-order valence-corrected chi connectivity index (χ3v) is 4.56. The normalized spacial score (nSPS) is 23.9. The van der Waals surface area contributed by atoms with E-state index >= 15 is 0 Å². The molecular formula is C14H26N2O3. The van der Waals surface area contributed by atoms with Gasteiger partial charge in [0.25, 0.3) is 0 Å². The molecule has 0 aromatic rings. The molecule has 0 radical (unpaired) electrons. The second-order valence-corrected chi connectivity index (χ2v) is 5.57. The van der Waals surface area contributed by atoms with E-state index in [0.717, 1.165) is 25.7 Å². The molecule has 0 spiro atoms. The van der Waals surface area contributed by atoms with E-state index in [0.29, 0.717) is 12.8 Å². The summed E-state index contributed by atoms with van der Waals surface area (Å²) in [5, 5.41) is 12.1. The highest BCUT2D eigenvalue weighted by atomic mass is 16.4. The lowest BCUT2D eigenvalue weighted by Crippen LogP contribution is -2.48. The zero-order valence-electron chi connectivity index (χ0n) is 11.9. The van der Waals surface area contributed by atoms with Crippen LogP contribution >= 0.6 is 0 Å². The van der Waals surface area contributed by atoms with Crippen molar-refractivity contribution in [2.45, 2.75) is 58.4 Å². The van der Waals surface area contributed by atoms with Gasteiger partial charge in [0.05, 0.1) is 11.3 Å². The summed E-state index contributed by atoms with van der Waals surface area (Å²) in [5.74, 6) is -1.08. The molecule has 110 valence electrons. The van der Waals surface area contributed by atoms with Crippen molar-refractivity contribution < 1.29 is 14.7 Å². The number of hydrogen-bond donors (Lipinski definition) is 3. The predicted octanol–water partition coefficient (Wildman–Crippen LogP) is 1.51. The summed E-state index contributed by atoms with van der Waals surface area (Å²) in [5.41, 5.74) is 5.11. The molecule has 1 fully saturated rings. The van der Waals surface area contributed by atoms with Gasteiger partial charge in [-0.25, -0.2) is 0 Å². The van der Waals surface area contributed by atoms with Crippen LogP contribution in [0.2, 0.25) is 0 Å². The number of carbonyl (C=O) groups is 2. The van der Waals surface area contributed by atoms with Crippen molar-refractivity contribution in [3.8, 4) is 0 Å². The monoisotopic (exact) mass is 270 g/mol. The van der Waals surface area contributed by atoms with Crippen LogP contribution in [0.15, 0.2) is 0 Å². The molecule has 0 aliphatic heterocycles. The molecule has 1 aliphatic rings. The van der Waals surface area contributed by atoms with E-state index in [1.807, 2.05) is 13.8 Å². The van der Waals surface area contributed by atoms with Gasteiger partial charge in [-0.3, -0.25) is 9.59 Å². The molecule has 5 nitrogen and oxygen atoms in total. The molecular weight excluding hydrogens is 244 g/mol. The highest BCUT2D eigenvalue weighted by Crippen LogP contribution is 2.27. The highest BCUT2D eigenvalue weighted by Gasteiger charge is 2.36. The molecule has 5 heteroatoms. The van der Waals surface area contributed by atoms with E-state index < -0.39 is 11.4 Å². The quantitative estimate of drug-likeness (QED) is 0.682. The van der Waals surface area contributed by atoms with Crippen molar-refractivity contribution in [3.63, 3.8) is 0 Å². The second kappa shape index (κ2) is 6.89. The molecule has 0 aromatic heterocycles. The number of carbonyl (C=O) groups excluding carboxylic acids is 1. The largest absolute Gasteiger partial charge is 0.481 e. The predicted molar refractivity (Wildman–Crippen MR) is 73.6 cm³/mol. The number of carboxylic acids is 1. The summed E-state index contributed by atoms with van der Waals surface area (Å²) in [4.78, 5) is 23.5. The van der Waals surface area contributed by atoms with Crippen LogP contribution < -0.4 is 11.1 Å². The summed E-state index contributed by atoms with van der Waals surface area (Å²) in [6, 6.07) is -0.0868. The highest BCUT2D eigenvalue weighted by molar-refractivity contribution is 5.81. The van der Waals surface area contributed by atoms with Gasteiger partial charge in [0, 0.05) is 12.6 Å². The molecule has 4 N–H and O–H groups in total. The number of amides is 1. The van der Waals surface area contributed by atoms with E-state index in [-0.39, 0.29) is 24.4 Å². The topological polar surface area (TPSA) is 92.4 Å². The van der Waals surface area contributed by atoms with Crippen molar-refractivity contribution in [1.82, 2.24) is 5.32 Å². The molecule has 0 aromatic carbocycles. The van der Waals surface area contributed by atoms with Gasteiger partial charge >= 0.3 is 5.97 Å². The Morgan fingerprint density at radius 1 is 1.26 bits per heavy atom. The molecule has 0 saturated heterocycles. The van der Waals surface area contributed by atoms with Gasteiger partial charge < -0.3 is 16.2 Å². The van der Waals surface area contributed by atoms with Gasteiger partial charge in [-0.1, -0.05) is 26.7 Å². The Morgan fingerprint density at radius 2 is 1.84 bits per heavy atom. The summed E-state index contributed by atoms with van der Waals surface area (Å²) < 4.78 is 0. The first-order valence-electron chi connectivity index (χ1n) is 7.23. The zero-order chi connectivity index (χ0) is 14.5. The van der Waals surface area contributed by atoms with E-state index in [1.54, 1.807) is 0 Å². The second-order valence-electron chi connectivity index (χ2n) is 5.57. The Kier molecular flexibility index (Phi) is 5.79. The Hall–Kier alpha value is -1.10. The number of aliphatic carboxylic acids is 1. The van der Waals surface area contributed by atoms with Crippen LogP contribution in [0, 0.1) is 11.3 Å². The fourth-order valence-corrected chi connectivity index (χ4v) is 2.75. The number of hydrogen-bond acceptors (Lipinski definition) is 3. The molecule has 2 atom stereocenters. The molecule has 1 aliphatic carbocycles. The van der Waals surface area contributed by atoms with Crippen molar-refractivity contribution in [2.24, 2.45) is 17.1 Å². The summed E-state index contributed by atoms with van der Waals surface area (Å²) in [6.45, 7) is 3.88. The summed E-state index contributed by atoms with van der Waals surface area (Å²) in [7, 11) is 0. The third-order valence-electron chi connectivity index (χ3n) is 4.56. The van der Waals surface area contributed by atoms with Gasteiger partial charge in [0.15, 0.2) is 0 Å². The Labute approximate surface area is 114 Å². The molecule has 19 heavy (non-hydrogen) atoms. The lowest BCUT2D eigenvalue weighted by molar-refractivity contribution is -0.149. The standard InChI is InChI=1S/C14H26N2O3/c1-3-14(4-2,13(18)19)9-16-12(17)10-7-5-6-8-11(10)15/h10-11H,3-9,15H2,1-2H3,(H,16,17)(H,18,19). The van der Waals surface area contributed by atoms with Crippen LogP contribution in [0.3, 0.4) is 0 Å². The lowest BCUT2D eigenvalue weighted by atomic mass is 9.81. The number of rotatable bonds is 6. The van der Waals surface area contributed by atoms with Gasteiger partial charge in [0.1, 0.15) is 0 Å². The van der Waals surface area contributed by atoms with Crippen molar-refractivity contribution >= 4 is 11.9 Å². The average molecular weight is 270 g/mol. The Bertz CT molecular complexity index is 327. The molecule has 0 heterocycles. The van der Waals surface area contributed by atoms with Crippen molar-refractivity contribution in [2.75, 3.05) is 6.54 Å². The van der Waals surface area contributed by atoms with Crippen molar-refractivity contribution in [3.05, 3.63) is 0 Å². The first-order chi connectivity index (χ1) is 8.96. The van der Waals surface area contributed by atoms with Crippen LogP contribution in [-0.4, -0.2) is 29.6 Å². The number of nitrogens with one attached hydrogen (secondary N) is 1. The Morgan fingerprint density at radius 3 is 2.32 bits per heavy atom. The van der Waals surface area contributed by atoms with Gasteiger partial charge in [-0.2, -0.15) is 0 Å². The van der Waals surface area contributed by atoms with Gasteiger partial charge in [-0.15, -0.1) is 0 Å². The number of carboxylic acid groups (broad SMARTS) is 1. The number of nitrogens with two attached hydrogens (primary N) is 1. The van der Waals surface area contributed by atoms with Crippen LogP contribution in [0.4, 0.5) is 0 Å². The zero-order valence-corrected chi connectivity index (χ0v) is 11.9. The van der Waals surface area contributed by atoms with E-state index in [9.17, 15) is 14.7 Å². The first-order valence-corrected chi connectivity index (χ1v) is 7.23. The smallest absolute Gasteiger partial charge is 0.311 e. The molecule has 1 amide bonds. The minimum Gasteiger partial charge on any atom is -0.481 e. The van der Waals surface area contributed by atoms with Crippen LogP contribution in [0.1, 0.15) is 52.4 Å². The first kappa shape index (κ1) is 16.0. The maximum absolute atomic E-state index is 12.1. The van der Waals surface area contributed by atoms with Gasteiger partial charge in [-0.05, 0) is 25.7 Å². The van der Waals surface area contributed by atoms with Crippen molar-refractivity contribution in [1.29, 1.82) is 0 Å². The summed E-state index contributed by atoms with van der Waals surface area (Å²) in [6.07, 6.45) is 4.81. The van der Waals surface area contributed by atoms with Gasteiger partial charge in [0.2, 0.25) is 5.91 Å². The molecule has 0 bridgehead atoms. The Balaban J connectivity index is 2.59. The van der Waals surface area contributed by atoms with Crippen LogP contribution in [0.5, 0.6) is 0 Å². The third kappa shape index (κ3) is 3.69. The minimum absolute atomic E-state index is 0.0836. The summed E-state index contributed by atoms with van der Waals surface area (Å²) >= 11 is 0. The fraction of sp³-hybridized carbons (Fsp3) is 0.857. The SMILES string of the molecule is CCC(CC)(CNC(=O)C1CCCCC1N)C(=O)O. The van der Waals surface area contributed by atoms with E-state index in [2.05, 4.69) is 5.32 Å². The van der Waals surface area contributed by atoms with Crippen LogP contribution in [0.25, 0.3) is 0 Å². The fourth-order valence-electron chi connectivity index (χ4n) is 2.75. The van der Waals surface area contributed by atoms with E-state index in [4.69, 9.17) is 5.73 Å². The maximum atomic E-state index is 12.1. The van der Waals surface area contributed by atoms with E-state index in [1.165, 1.54) is 0 Å². The lowest BCUT2D eigenvalue weighted by Gasteiger charge is -2.31.